The van der Waals surface area contributed by atoms with Crippen LogP contribution in [0.25, 0.3) is 0 Å². The number of hydrogen-bond donors (Lipinski definition) is 1. The molecule has 0 radical (unpaired) electrons. The minimum Gasteiger partial charge on any atom is -0.358 e. The molecule has 1 aromatic heterocycles. The van der Waals surface area contributed by atoms with Crippen molar-refractivity contribution in [2.75, 3.05) is 42.6 Å². The number of nitrogens with zero attached hydrogens (tertiary/aromatic N) is 3. The number of aromatic nitrogens is 2. The van der Waals surface area contributed by atoms with Gasteiger partial charge in [-0.25, -0.2) is 13.5 Å². The Hall–Kier alpha value is -1.61. The second kappa shape index (κ2) is 6.72. The maximum Gasteiger partial charge on any atom is 0.285 e. The Bertz CT molecular complexity index is 780. The molecule has 0 aliphatic carbocycles. The number of carbonyl (C=O) groups is 1. The Kier molecular flexibility index (Phi) is 4.82. The van der Waals surface area contributed by atoms with Crippen LogP contribution >= 0.6 is 11.6 Å². The van der Waals surface area contributed by atoms with Crippen LogP contribution in [0, 0.1) is 5.92 Å². The lowest BCUT2D eigenvalue weighted by Gasteiger charge is -2.37. The minimum absolute atomic E-state index is 0.0312. The number of rotatable bonds is 3. The van der Waals surface area contributed by atoms with Crippen molar-refractivity contribution in [2.45, 2.75) is 12.8 Å². The van der Waals surface area contributed by atoms with Crippen LogP contribution in [-0.4, -0.2) is 67.1 Å². The van der Waals surface area contributed by atoms with Gasteiger partial charge in [0.15, 0.2) is 0 Å². The van der Waals surface area contributed by atoms with Gasteiger partial charge in [0, 0.05) is 19.6 Å². The summed E-state index contributed by atoms with van der Waals surface area (Å²) < 4.78 is 23.0. The molecule has 2 saturated heterocycles. The molecule has 132 valence electrons. The first-order valence-electron chi connectivity index (χ1n) is 7.82. The molecular weight excluding hydrogens is 356 g/mol. The normalized spacial score (nSPS) is 22.0. The van der Waals surface area contributed by atoms with Crippen LogP contribution in [0.4, 0.5) is 5.69 Å². The van der Waals surface area contributed by atoms with Crippen LogP contribution in [-0.2, 0) is 14.6 Å². The zero-order chi connectivity index (χ0) is 17.3. The van der Waals surface area contributed by atoms with E-state index in [0.717, 1.165) is 0 Å². The average molecular weight is 375 g/mol. The zero-order valence-electron chi connectivity index (χ0n) is 13.1. The predicted octanol–water partition coefficient (Wildman–Crippen LogP) is -0.103. The van der Waals surface area contributed by atoms with Crippen LogP contribution in [0.1, 0.15) is 12.8 Å². The Morgan fingerprint density at radius 2 is 1.96 bits per heavy atom. The molecule has 0 bridgehead atoms. The predicted molar refractivity (Wildman–Crippen MR) is 90.0 cm³/mol. The SMILES string of the molecule is O=C1CN(c2cn[nH]c(=O)c2Cl)CCN1CC1CCS(=O)(=O)CC1. The van der Waals surface area contributed by atoms with Crippen LogP contribution in [0.15, 0.2) is 11.0 Å². The number of sulfone groups is 1. The Labute approximate surface area is 144 Å². The van der Waals surface area contributed by atoms with E-state index in [4.69, 9.17) is 11.6 Å². The van der Waals surface area contributed by atoms with E-state index < -0.39 is 15.4 Å². The highest BCUT2D eigenvalue weighted by Gasteiger charge is 2.30. The average Bonchev–Trinajstić information content (AvgIpc) is 2.54. The van der Waals surface area contributed by atoms with Gasteiger partial charge in [-0.2, -0.15) is 5.10 Å². The molecule has 0 atom stereocenters. The minimum atomic E-state index is -2.89. The van der Waals surface area contributed by atoms with E-state index in [-0.39, 0.29) is 34.9 Å². The monoisotopic (exact) mass is 374 g/mol. The maximum atomic E-state index is 12.4. The molecule has 3 heterocycles. The van der Waals surface area contributed by atoms with Gasteiger partial charge in [-0.05, 0) is 18.8 Å². The molecular formula is C14H19ClN4O4S. The fraction of sp³-hybridized carbons (Fsp3) is 0.643. The van der Waals surface area contributed by atoms with Crippen molar-refractivity contribution in [3.8, 4) is 0 Å². The highest BCUT2D eigenvalue weighted by atomic mass is 35.5. The summed E-state index contributed by atoms with van der Waals surface area (Å²) in [6.45, 7) is 1.80. The second-order valence-electron chi connectivity index (χ2n) is 6.25. The van der Waals surface area contributed by atoms with E-state index in [1.165, 1.54) is 6.20 Å². The third-order valence-corrected chi connectivity index (χ3v) is 6.67. The molecule has 2 aliphatic rings. The molecule has 3 rings (SSSR count). The highest BCUT2D eigenvalue weighted by Crippen LogP contribution is 2.24. The van der Waals surface area contributed by atoms with E-state index >= 15 is 0 Å². The van der Waals surface area contributed by atoms with Crippen molar-refractivity contribution >= 4 is 33.0 Å². The van der Waals surface area contributed by atoms with Crippen molar-refractivity contribution < 1.29 is 13.2 Å². The molecule has 8 nitrogen and oxygen atoms in total. The van der Waals surface area contributed by atoms with Crippen LogP contribution in [0.2, 0.25) is 5.02 Å². The van der Waals surface area contributed by atoms with E-state index in [1.54, 1.807) is 9.80 Å². The summed E-state index contributed by atoms with van der Waals surface area (Å²) in [4.78, 5) is 27.4. The molecule has 0 saturated carbocycles. The highest BCUT2D eigenvalue weighted by molar-refractivity contribution is 7.91. The third kappa shape index (κ3) is 3.72. The smallest absolute Gasteiger partial charge is 0.285 e. The first-order chi connectivity index (χ1) is 11.4. The van der Waals surface area contributed by atoms with Crippen LogP contribution in [0.5, 0.6) is 0 Å². The molecule has 0 spiro atoms. The molecule has 1 amide bonds. The summed E-state index contributed by atoms with van der Waals surface area (Å²) in [5, 5.41) is 6.01. The topological polar surface area (TPSA) is 103 Å². The largest absolute Gasteiger partial charge is 0.358 e. The van der Waals surface area contributed by atoms with Crippen molar-refractivity contribution in [1.29, 1.82) is 0 Å². The summed E-state index contributed by atoms with van der Waals surface area (Å²) in [5.74, 6) is 0.597. The summed E-state index contributed by atoms with van der Waals surface area (Å²) in [6.07, 6.45) is 2.66. The zero-order valence-corrected chi connectivity index (χ0v) is 14.6. The van der Waals surface area contributed by atoms with E-state index in [2.05, 4.69) is 10.2 Å². The van der Waals surface area contributed by atoms with Gasteiger partial charge in [0.2, 0.25) is 5.91 Å². The number of aromatic amines is 1. The molecule has 1 aromatic rings. The van der Waals surface area contributed by atoms with Gasteiger partial charge in [0.05, 0.1) is 29.9 Å². The van der Waals surface area contributed by atoms with E-state index in [9.17, 15) is 18.0 Å². The van der Waals surface area contributed by atoms with Gasteiger partial charge < -0.3 is 9.80 Å². The molecule has 24 heavy (non-hydrogen) atoms. The Balaban J connectivity index is 1.61. The lowest BCUT2D eigenvalue weighted by atomic mass is 10.0. The number of carbonyl (C=O) groups excluding carboxylic acids is 1. The lowest BCUT2D eigenvalue weighted by molar-refractivity contribution is -0.131. The van der Waals surface area contributed by atoms with Gasteiger partial charge in [-0.15, -0.1) is 0 Å². The Morgan fingerprint density at radius 1 is 1.25 bits per heavy atom. The molecule has 1 N–H and O–H groups in total. The van der Waals surface area contributed by atoms with Gasteiger partial charge in [-0.1, -0.05) is 11.6 Å². The molecule has 2 fully saturated rings. The number of nitrogens with one attached hydrogen (secondary N) is 1. The second-order valence-corrected chi connectivity index (χ2v) is 8.94. The van der Waals surface area contributed by atoms with Crippen molar-refractivity contribution in [2.24, 2.45) is 5.92 Å². The quantitative estimate of drug-likeness (QED) is 0.792. The van der Waals surface area contributed by atoms with Gasteiger partial charge in [0.25, 0.3) is 5.56 Å². The van der Waals surface area contributed by atoms with Crippen molar-refractivity contribution in [3.63, 3.8) is 0 Å². The van der Waals surface area contributed by atoms with Gasteiger partial charge in [-0.3, -0.25) is 9.59 Å². The Morgan fingerprint density at radius 3 is 2.62 bits per heavy atom. The number of anilines is 1. The van der Waals surface area contributed by atoms with Crippen LogP contribution < -0.4 is 10.5 Å². The molecule has 10 heteroatoms. The number of piperazine rings is 1. The summed E-state index contributed by atoms with van der Waals surface area (Å²) >= 11 is 5.99. The first-order valence-corrected chi connectivity index (χ1v) is 10.0. The van der Waals surface area contributed by atoms with Gasteiger partial charge >= 0.3 is 0 Å². The fourth-order valence-corrected chi connectivity index (χ4v) is 4.93. The lowest BCUT2D eigenvalue weighted by Crippen LogP contribution is -2.52. The molecule has 0 aromatic carbocycles. The molecule has 0 unspecified atom stereocenters. The third-order valence-electron chi connectivity index (χ3n) is 4.59. The number of hydrogen-bond acceptors (Lipinski definition) is 6. The standard InChI is InChI=1S/C14H19ClN4O4S/c15-13-11(7-16-17-14(13)21)18-3-4-19(12(20)9-18)8-10-1-5-24(22,23)6-2-10/h7,10H,1-6,8-9H2,(H,17,21). The summed E-state index contributed by atoms with van der Waals surface area (Å²) in [7, 11) is -2.89. The molecule has 2 aliphatic heterocycles. The van der Waals surface area contributed by atoms with E-state index in [1.807, 2.05) is 0 Å². The maximum absolute atomic E-state index is 12.4. The van der Waals surface area contributed by atoms with Gasteiger partial charge in [0.1, 0.15) is 14.9 Å². The van der Waals surface area contributed by atoms with Crippen molar-refractivity contribution in [3.05, 3.63) is 21.6 Å². The fourth-order valence-electron chi connectivity index (χ4n) is 3.13. The van der Waals surface area contributed by atoms with E-state index in [0.29, 0.717) is 38.2 Å². The first kappa shape index (κ1) is 17.2. The summed E-state index contributed by atoms with van der Waals surface area (Å²) in [6, 6.07) is 0. The summed E-state index contributed by atoms with van der Waals surface area (Å²) in [5.41, 5.74) is -0.0235. The number of H-pyrrole nitrogens is 1. The van der Waals surface area contributed by atoms with Crippen molar-refractivity contribution in [1.82, 2.24) is 15.1 Å². The van der Waals surface area contributed by atoms with Crippen LogP contribution in [0.3, 0.4) is 0 Å². The number of halogens is 1. The number of amides is 1.